The Hall–Kier alpha value is -1.06. The van der Waals surface area contributed by atoms with E-state index in [1.165, 1.54) is 12.8 Å². The van der Waals surface area contributed by atoms with Crippen molar-refractivity contribution in [2.24, 2.45) is 5.41 Å². The van der Waals surface area contributed by atoms with E-state index in [1.54, 1.807) is 6.92 Å². The van der Waals surface area contributed by atoms with Crippen LogP contribution in [0.1, 0.15) is 53.4 Å². The molecule has 0 spiro atoms. The van der Waals surface area contributed by atoms with Crippen LogP contribution in [0.15, 0.2) is 0 Å². The normalized spacial score (nSPS) is 11.1. The van der Waals surface area contributed by atoms with Crippen molar-refractivity contribution in [1.82, 2.24) is 5.32 Å². The average Bonchev–Trinajstić information content (AvgIpc) is 2.26. The van der Waals surface area contributed by atoms with Crippen molar-refractivity contribution in [3.63, 3.8) is 0 Å². The standard InChI is InChI=1S/C13H25NO3/c1-5-7-8-9-13(3,4)10-14-11(15)12(16)17-6-2/h5-10H2,1-4H3,(H,14,15). The van der Waals surface area contributed by atoms with Crippen LogP contribution in [0.5, 0.6) is 0 Å². The van der Waals surface area contributed by atoms with Gasteiger partial charge in [-0.3, -0.25) is 4.79 Å². The molecule has 0 bridgehead atoms. The molecular weight excluding hydrogens is 218 g/mol. The molecule has 0 unspecified atom stereocenters. The Morgan fingerprint density at radius 1 is 1.18 bits per heavy atom. The lowest BCUT2D eigenvalue weighted by atomic mass is 9.87. The number of esters is 1. The summed E-state index contributed by atoms with van der Waals surface area (Å²) in [6.45, 7) is 8.76. The molecular formula is C13H25NO3. The van der Waals surface area contributed by atoms with Crippen molar-refractivity contribution in [3.05, 3.63) is 0 Å². The van der Waals surface area contributed by atoms with Gasteiger partial charge in [-0.2, -0.15) is 0 Å². The molecule has 17 heavy (non-hydrogen) atoms. The predicted molar refractivity (Wildman–Crippen MR) is 67.6 cm³/mol. The summed E-state index contributed by atoms with van der Waals surface area (Å²) < 4.78 is 4.62. The smallest absolute Gasteiger partial charge is 0.396 e. The first kappa shape index (κ1) is 15.9. The Morgan fingerprint density at radius 2 is 1.82 bits per heavy atom. The van der Waals surface area contributed by atoms with Crippen LogP contribution in [0.3, 0.4) is 0 Å². The second-order valence-corrected chi connectivity index (χ2v) is 5.02. The molecule has 4 heteroatoms. The van der Waals surface area contributed by atoms with Crippen LogP contribution in [-0.2, 0) is 14.3 Å². The fourth-order valence-electron chi connectivity index (χ4n) is 1.53. The minimum absolute atomic E-state index is 0.0251. The van der Waals surface area contributed by atoms with Gasteiger partial charge in [-0.25, -0.2) is 4.79 Å². The minimum atomic E-state index is -0.795. The van der Waals surface area contributed by atoms with Crippen LogP contribution >= 0.6 is 0 Å². The largest absolute Gasteiger partial charge is 0.459 e. The highest BCUT2D eigenvalue weighted by molar-refractivity contribution is 6.32. The summed E-state index contributed by atoms with van der Waals surface area (Å²) in [6, 6.07) is 0. The van der Waals surface area contributed by atoms with E-state index >= 15 is 0 Å². The summed E-state index contributed by atoms with van der Waals surface area (Å²) in [7, 11) is 0. The van der Waals surface area contributed by atoms with Gasteiger partial charge in [0.05, 0.1) is 6.61 Å². The van der Waals surface area contributed by atoms with Crippen LogP contribution in [-0.4, -0.2) is 25.0 Å². The Kier molecular flexibility index (Phi) is 7.59. The maximum absolute atomic E-state index is 11.3. The van der Waals surface area contributed by atoms with Gasteiger partial charge < -0.3 is 10.1 Å². The van der Waals surface area contributed by atoms with Crippen molar-refractivity contribution >= 4 is 11.9 Å². The minimum Gasteiger partial charge on any atom is -0.459 e. The molecule has 100 valence electrons. The Balaban J connectivity index is 3.91. The number of unbranched alkanes of at least 4 members (excludes halogenated alkanes) is 2. The van der Waals surface area contributed by atoms with Gasteiger partial charge >= 0.3 is 11.9 Å². The number of ether oxygens (including phenoxy) is 1. The number of carbonyl (C=O) groups excluding carboxylic acids is 2. The summed E-state index contributed by atoms with van der Waals surface area (Å²) in [5.74, 6) is -1.44. The van der Waals surface area contributed by atoms with E-state index in [4.69, 9.17) is 0 Å². The van der Waals surface area contributed by atoms with Gasteiger partial charge in [0.1, 0.15) is 0 Å². The van der Waals surface area contributed by atoms with Crippen LogP contribution in [0.25, 0.3) is 0 Å². The Labute approximate surface area is 104 Å². The molecule has 0 atom stereocenters. The lowest BCUT2D eigenvalue weighted by molar-refractivity contribution is -0.154. The number of hydrogen-bond donors (Lipinski definition) is 1. The molecule has 0 heterocycles. The number of carbonyl (C=O) groups is 2. The summed E-state index contributed by atoms with van der Waals surface area (Å²) in [5, 5.41) is 2.62. The molecule has 1 amide bonds. The molecule has 0 aromatic heterocycles. The van der Waals surface area contributed by atoms with Gasteiger partial charge in [0.15, 0.2) is 0 Å². The summed E-state index contributed by atoms with van der Waals surface area (Å²) in [5.41, 5.74) is 0.0251. The molecule has 0 radical (unpaired) electrons. The third kappa shape index (κ3) is 7.77. The highest BCUT2D eigenvalue weighted by Gasteiger charge is 2.21. The molecule has 0 aromatic rings. The summed E-state index contributed by atoms with van der Waals surface area (Å²) >= 11 is 0. The van der Waals surface area contributed by atoms with Gasteiger partial charge in [-0.05, 0) is 18.8 Å². The lowest BCUT2D eigenvalue weighted by Crippen LogP contribution is -2.38. The zero-order chi connectivity index (χ0) is 13.3. The highest BCUT2D eigenvalue weighted by Crippen LogP contribution is 2.22. The van der Waals surface area contributed by atoms with Crippen molar-refractivity contribution in [1.29, 1.82) is 0 Å². The first-order valence-corrected chi connectivity index (χ1v) is 6.38. The second-order valence-electron chi connectivity index (χ2n) is 5.02. The monoisotopic (exact) mass is 243 g/mol. The number of nitrogens with one attached hydrogen (secondary N) is 1. The fraction of sp³-hybridized carbons (Fsp3) is 0.846. The van der Waals surface area contributed by atoms with Crippen LogP contribution in [0.4, 0.5) is 0 Å². The first-order valence-electron chi connectivity index (χ1n) is 6.38. The average molecular weight is 243 g/mol. The molecule has 1 N–H and O–H groups in total. The van der Waals surface area contributed by atoms with Gasteiger partial charge in [0.2, 0.25) is 0 Å². The SMILES string of the molecule is CCCCCC(C)(C)CNC(=O)C(=O)OCC. The first-order chi connectivity index (χ1) is 7.93. The van der Waals surface area contributed by atoms with Crippen molar-refractivity contribution in [3.8, 4) is 0 Å². The maximum Gasteiger partial charge on any atom is 0.396 e. The zero-order valence-electron chi connectivity index (χ0n) is 11.5. The van der Waals surface area contributed by atoms with E-state index in [0.29, 0.717) is 6.54 Å². The fourth-order valence-corrected chi connectivity index (χ4v) is 1.53. The van der Waals surface area contributed by atoms with Gasteiger partial charge in [-0.15, -0.1) is 0 Å². The van der Waals surface area contributed by atoms with Crippen LogP contribution in [0, 0.1) is 5.41 Å². The lowest BCUT2D eigenvalue weighted by Gasteiger charge is -2.24. The number of hydrogen-bond acceptors (Lipinski definition) is 3. The zero-order valence-corrected chi connectivity index (χ0v) is 11.5. The van der Waals surface area contributed by atoms with E-state index in [2.05, 4.69) is 30.8 Å². The van der Waals surface area contributed by atoms with Crippen LogP contribution in [0.2, 0.25) is 0 Å². The molecule has 0 saturated heterocycles. The van der Waals surface area contributed by atoms with Crippen molar-refractivity contribution < 1.29 is 14.3 Å². The second kappa shape index (κ2) is 8.09. The molecule has 0 aliphatic heterocycles. The van der Waals surface area contributed by atoms with E-state index in [1.807, 2.05) is 0 Å². The Morgan fingerprint density at radius 3 is 2.35 bits per heavy atom. The molecule has 0 fully saturated rings. The van der Waals surface area contributed by atoms with Crippen LogP contribution < -0.4 is 5.32 Å². The highest BCUT2D eigenvalue weighted by atomic mass is 16.5. The summed E-state index contributed by atoms with van der Waals surface area (Å²) in [4.78, 5) is 22.4. The third-order valence-electron chi connectivity index (χ3n) is 2.65. The van der Waals surface area contributed by atoms with Gasteiger partial charge in [0, 0.05) is 6.54 Å². The van der Waals surface area contributed by atoms with Gasteiger partial charge in [-0.1, -0.05) is 40.0 Å². The molecule has 0 rings (SSSR count). The number of rotatable bonds is 7. The molecule has 0 aliphatic rings. The van der Waals surface area contributed by atoms with E-state index in [0.717, 1.165) is 12.8 Å². The third-order valence-corrected chi connectivity index (χ3v) is 2.65. The Bertz CT molecular complexity index is 249. The molecule has 0 aliphatic carbocycles. The number of amides is 1. The molecule has 0 aromatic carbocycles. The van der Waals surface area contributed by atoms with E-state index < -0.39 is 11.9 Å². The van der Waals surface area contributed by atoms with Crippen molar-refractivity contribution in [2.45, 2.75) is 53.4 Å². The quantitative estimate of drug-likeness (QED) is 0.424. The van der Waals surface area contributed by atoms with E-state index in [9.17, 15) is 9.59 Å². The summed E-state index contributed by atoms with van der Waals surface area (Å²) in [6.07, 6.45) is 4.59. The van der Waals surface area contributed by atoms with E-state index in [-0.39, 0.29) is 12.0 Å². The molecule has 4 nitrogen and oxygen atoms in total. The van der Waals surface area contributed by atoms with Gasteiger partial charge in [0.25, 0.3) is 0 Å². The topological polar surface area (TPSA) is 55.4 Å². The predicted octanol–water partition coefficient (Wildman–Crippen LogP) is 2.27. The molecule has 0 saturated carbocycles. The van der Waals surface area contributed by atoms with Crippen molar-refractivity contribution in [2.75, 3.05) is 13.2 Å². The maximum atomic E-state index is 11.3.